The molecule has 3 heteroatoms. The van der Waals surface area contributed by atoms with E-state index in [2.05, 4.69) is 126 Å². The lowest BCUT2D eigenvalue weighted by molar-refractivity contribution is 1.10. The van der Waals surface area contributed by atoms with Crippen molar-refractivity contribution in [2.24, 2.45) is 0 Å². The molecular weight excluding hydrogens is 655 g/mol. The molecule has 0 aliphatic heterocycles. The van der Waals surface area contributed by atoms with Crippen LogP contribution in [0.25, 0.3) is 99.4 Å². The summed E-state index contributed by atoms with van der Waals surface area (Å²) in [5, 5.41) is 5.18. The Bertz CT molecular complexity index is 3470. The van der Waals surface area contributed by atoms with Gasteiger partial charge in [0.05, 0.1) is 34.4 Å². The second-order valence-corrected chi connectivity index (χ2v) is 13.6. The Labute approximate surface area is 319 Å². The number of hydrogen-bond acceptors (Lipinski definition) is 1. The number of hydrogen-bond donors (Lipinski definition) is 0. The van der Waals surface area contributed by atoms with Crippen molar-refractivity contribution in [1.82, 2.24) is 14.1 Å². The Balaban J connectivity index is 1.10. The lowest BCUT2D eigenvalue weighted by Crippen LogP contribution is -1.99. The van der Waals surface area contributed by atoms with Crippen molar-refractivity contribution in [2.45, 2.75) is 0 Å². The van der Waals surface area contributed by atoms with Crippen molar-refractivity contribution in [3.05, 3.63) is 200 Å². The maximum absolute atomic E-state index is 8.80. The molecular formula is C51H33N3. The quantitative estimate of drug-likeness (QED) is 0.176. The minimum absolute atomic E-state index is 0.135. The number of pyridine rings is 1. The largest absolute Gasteiger partial charge is 0.309 e. The predicted octanol–water partition coefficient (Wildman–Crippen LogP) is 13.4. The molecule has 3 nitrogen and oxygen atoms in total. The minimum atomic E-state index is -0.410. The van der Waals surface area contributed by atoms with E-state index in [1.807, 2.05) is 48.5 Å². The summed E-state index contributed by atoms with van der Waals surface area (Å²) in [4.78, 5) is 5.30. The van der Waals surface area contributed by atoms with Gasteiger partial charge in [-0.15, -0.1) is 0 Å². The normalized spacial score (nSPS) is 13.0. The van der Waals surface area contributed by atoms with Gasteiger partial charge in [-0.25, -0.2) is 4.98 Å². The third-order valence-electron chi connectivity index (χ3n) is 10.6. The zero-order chi connectivity index (χ0) is 39.9. The summed E-state index contributed by atoms with van der Waals surface area (Å²) in [7, 11) is 0. The van der Waals surface area contributed by atoms with Gasteiger partial charge in [-0.1, -0.05) is 146 Å². The lowest BCUT2D eigenvalue weighted by Gasteiger charge is -2.14. The van der Waals surface area contributed by atoms with Crippen LogP contribution in [0.1, 0.15) is 6.85 Å². The van der Waals surface area contributed by atoms with E-state index >= 15 is 0 Å². The Morgan fingerprint density at radius 1 is 0.370 bits per heavy atom. The standard InChI is InChI=1S/C51H33N3/c1-3-13-34(14-4-1)35-23-25-36(26-24-35)44-33-51(52-46-20-10-7-17-40(44)46)54-48-22-12-8-18-41(48)43-29-27-38(32-50(43)54)37-28-30-49-45(31-37)42-19-9-11-21-47(42)53(49)39-15-5-2-6-16-39/h1-33H/i2D,5D,6D,15D,16D. The fraction of sp³-hybridized carbons (Fsp3) is 0. The second kappa shape index (κ2) is 12.2. The summed E-state index contributed by atoms with van der Waals surface area (Å²) in [6.45, 7) is 0. The van der Waals surface area contributed by atoms with E-state index in [4.69, 9.17) is 11.8 Å². The zero-order valence-corrected chi connectivity index (χ0v) is 29.0. The molecule has 0 fully saturated rings. The highest BCUT2D eigenvalue weighted by molar-refractivity contribution is 6.12. The zero-order valence-electron chi connectivity index (χ0n) is 34.0. The summed E-state index contributed by atoms with van der Waals surface area (Å²) in [6, 6.07) is 57.2. The highest BCUT2D eigenvalue weighted by Crippen LogP contribution is 2.39. The molecule has 3 heterocycles. The maximum atomic E-state index is 8.80. The molecule has 0 aliphatic rings. The number of rotatable bonds is 5. The van der Waals surface area contributed by atoms with Crippen LogP contribution in [-0.4, -0.2) is 14.1 Å². The van der Waals surface area contributed by atoms with Gasteiger partial charge in [0.2, 0.25) is 0 Å². The maximum Gasteiger partial charge on any atom is 0.138 e. The monoisotopic (exact) mass is 692 g/mol. The minimum Gasteiger partial charge on any atom is -0.309 e. The fourth-order valence-electron chi connectivity index (χ4n) is 8.13. The van der Waals surface area contributed by atoms with Crippen LogP contribution in [0.2, 0.25) is 0 Å². The molecule has 11 aromatic rings. The summed E-state index contributed by atoms with van der Waals surface area (Å²) in [6.07, 6.45) is 0. The first-order valence-corrected chi connectivity index (χ1v) is 18.1. The van der Waals surface area contributed by atoms with E-state index in [0.717, 1.165) is 82.6 Å². The van der Waals surface area contributed by atoms with Gasteiger partial charge >= 0.3 is 0 Å². The van der Waals surface area contributed by atoms with E-state index in [1.165, 1.54) is 11.1 Å². The third kappa shape index (κ3) is 4.79. The number of benzene rings is 8. The van der Waals surface area contributed by atoms with E-state index < -0.39 is 6.04 Å². The molecule has 0 amide bonds. The molecule has 252 valence electrons. The molecule has 0 bridgehead atoms. The van der Waals surface area contributed by atoms with E-state index in [0.29, 0.717) is 0 Å². The van der Waals surface area contributed by atoms with Crippen molar-refractivity contribution >= 4 is 54.5 Å². The van der Waals surface area contributed by atoms with Crippen molar-refractivity contribution in [1.29, 1.82) is 0 Å². The highest BCUT2D eigenvalue weighted by Gasteiger charge is 2.18. The summed E-state index contributed by atoms with van der Waals surface area (Å²) < 4.78 is 46.6. The first-order valence-electron chi connectivity index (χ1n) is 20.6. The summed E-state index contributed by atoms with van der Waals surface area (Å²) in [5.74, 6) is 0.825. The van der Waals surface area contributed by atoms with Crippen LogP contribution in [0.4, 0.5) is 0 Å². The van der Waals surface area contributed by atoms with Gasteiger partial charge in [-0.2, -0.15) is 0 Å². The number of nitrogens with zero attached hydrogens (tertiary/aromatic N) is 3. The number of fused-ring (bicyclic) bond motifs is 7. The van der Waals surface area contributed by atoms with Crippen LogP contribution >= 0.6 is 0 Å². The summed E-state index contributed by atoms with van der Waals surface area (Å²) >= 11 is 0. The van der Waals surface area contributed by atoms with Crippen LogP contribution in [0.5, 0.6) is 0 Å². The average Bonchev–Trinajstić information content (AvgIpc) is 3.80. The van der Waals surface area contributed by atoms with Gasteiger partial charge in [0.1, 0.15) is 5.82 Å². The molecule has 54 heavy (non-hydrogen) atoms. The first kappa shape index (κ1) is 25.7. The molecule has 0 spiro atoms. The molecule has 8 aromatic carbocycles. The van der Waals surface area contributed by atoms with Crippen LogP contribution < -0.4 is 0 Å². The van der Waals surface area contributed by atoms with E-state index in [9.17, 15) is 0 Å². The fourth-order valence-corrected chi connectivity index (χ4v) is 8.13. The molecule has 0 atom stereocenters. The van der Waals surface area contributed by atoms with E-state index in [-0.39, 0.29) is 29.9 Å². The second-order valence-electron chi connectivity index (χ2n) is 13.6. The Hall–Kier alpha value is -7.23. The molecule has 0 saturated carbocycles. The lowest BCUT2D eigenvalue weighted by atomic mass is 9.98. The topological polar surface area (TPSA) is 22.8 Å². The Kier molecular flexibility index (Phi) is 5.79. The molecule has 0 radical (unpaired) electrons. The van der Waals surface area contributed by atoms with Crippen LogP contribution in [0, 0.1) is 0 Å². The molecule has 0 unspecified atom stereocenters. The predicted molar refractivity (Wildman–Crippen MR) is 227 cm³/mol. The molecule has 0 aliphatic carbocycles. The molecule has 3 aromatic heterocycles. The van der Waals surface area contributed by atoms with Gasteiger partial charge in [-0.3, -0.25) is 4.57 Å². The third-order valence-corrected chi connectivity index (χ3v) is 10.6. The van der Waals surface area contributed by atoms with Crippen molar-refractivity contribution in [3.8, 4) is 44.9 Å². The Morgan fingerprint density at radius 3 is 1.72 bits per heavy atom. The SMILES string of the molecule is [2H]c1c([2H])c([2H])c(-n2c3ccccc3c3cc(-c4ccc5c6ccccc6n(-c6cc(-c7ccc(-c8ccccc8)cc7)c7ccccc7n6)c5c4)ccc32)c([2H])c1[2H]. The average molecular weight is 693 g/mol. The number of para-hydroxylation sites is 4. The van der Waals surface area contributed by atoms with Gasteiger partial charge < -0.3 is 4.57 Å². The van der Waals surface area contributed by atoms with Crippen molar-refractivity contribution < 1.29 is 6.85 Å². The summed E-state index contributed by atoms with van der Waals surface area (Å²) in [5.41, 5.74) is 11.2. The molecule has 0 saturated heterocycles. The van der Waals surface area contributed by atoms with Crippen molar-refractivity contribution in [3.63, 3.8) is 0 Å². The van der Waals surface area contributed by atoms with Gasteiger partial charge in [-0.05, 0) is 87.9 Å². The van der Waals surface area contributed by atoms with Gasteiger partial charge in [0.25, 0.3) is 0 Å². The van der Waals surface area contributed by atoms with Crippen LogP contribution in [-0.2, 0) is 0 Å². The molecule has 11 rings (SSSR count). The van der Waals surface area contributed by atoms with Crippen LogP contribution in [0.15, 0.2) is 200 Å². The van der Waals surface area contributed by atoms with Gasteiger partial charge in [0.15, 0.2) is 0 Å². The van der Waals surface area contributed by atoms with Gasteiger partial charge in [0, 0.05) is 32.6 Å². The van der Waals surface area contributed by atoms with Crippen LogP contribution in [0.3, 0.4) is 0 Å². The smallest absolute Gasteiger partial charge is 0.138 e. The van der Waals surface area contributed by atoms with E-state index in [1.54, 1.807) is 4.57 Å². The molecule has 0 N–H and O–H groups in total. The number of aromatic nitrogens is 3. The van der Waals surface area contributed by atoms with Crippen molar-refractivity contribution in [2.75, 3.05) is 0 Å². The first-order chi connectivity index (χ1) is 28.9. The highest BCUT2D eigenvalue weighted by atomic mass is 15.1. The Morgan fingerprint density at radius 2 is 0.926 bits per heavy atom.